The fourth-order valence-electron chi connectivity index (χ4n) is 3.91. The number of carbonyl (C=O) groups excluding carboxylic acids is 2. The second-order valence-electron chi connectivity index (χ2n) is 7.97. The molecule has 1 aliphatic carbocycles. The molecule has 2 aromatic rings. The molecule has 0 bridgehead atoms. The Labute approximate surface area is 172 Å². The highest BCUT2D eigenvalue weighted by Crippen LogP contribution is 2.31. The Kier molecular flexibility index (Phi) is 5.56. The van der Waals surface area contributed by atoms with Gasteiger partial charge in [0.15, 0.2) is 5.58 Å². The lowest BCUT2D eigenvalue weighted by Gasteiger charge is -2.32. The van der Waals surface area contributed by atoms with Crippen LogP contribution < -0.4 is 11.1 Å². The number of hydrogen-bond acceptors (Lipinski definition) is 6. The van der Waals surface area contributed by atoms with Crippen molar-refractivity contribution < 1.29 is 18.9 Å². The van der Waals surface area contributed by atoms with E-state index >= 15 is 0 Å². The van der Waals surface area contributed by atoms with E-state index in [1.807, 2.05) is 4.90 Å². The van der Waals surface area contributed by atoms with Gasteiger partial charge in [0.2, 0.25) is 11.8 Å². The lowest BCUT2D eigenvalue weighted by atomic mass is 10.0. The van der Waals surface area contributed by atoms with E-state index in [4.69, 9.17) is 4.42 Å². The Morgan fingerprint density at radius 2 is 1.93 bits per heavy atom. The Bertz CT molecular complexity index is 1030. The molecular formula is C20H24N4O6. The van der Waals surface area contributed by atoms with E-state index in [-0.39, 0.29) is 48.0 Å². The number of piperidine rings is 1. The Balaban J connectivity index is 1.25. The number of likely N-dealkylation sites (tertiary alicyclic amines) is 1. The van der Waals surface area contributed by atoms with Gasteiger partial charge >= 0.3 is 5.76 Å². The van der Waals surface area contributed by atoms with E-state index < -0.39 is 10.7 Å². The van der Waals surface area contributed by atoms with Crippen molar-refractivity contribution in [2.45, 2.75) is 51.1 Å². The number of aryl methyl sites for hydroxylation is 1. The van der Waals surface area contributed by atoms with Crippen molar-refractivity contribution in [1.29, 1.82) is 0 Å². The smallest absolute Gasteiger partial charge is 0.407 e. The van der Waals surface area contributed by atoms with Crippen molar-refractivity contribution in [2.24, 2.45) is 5.92 Å². The van der Waals surface area contributed by atoms with Crippen molar-refractivity contribution in [3.8, 4) is 0 Å². The van der Waals surface area contributed by atoms with Crippen LogP contribution in [-0.2, 0) is 16.1 Å². The van der Waals surface area contributed by atoms with Crippen LogP contribution in [0.2, 0.25) is 0 Å². The number of aromatic nitrogens is 1. The van der Waals surface area contributed by atoms with Crippen molar-refractivity contribution >= 4 is 28.6 Å². The maximum Gasteiger partial charge on any atom is 0.419 e. The van der Waals surface area contributed by atoms with Gasteiger partial charge in [0.05, 0.1) is 16.5 Å². The van der Waals surface area contributed by atoms with E-state index in [1.54, 1.807) is 0 Å². The van der Waals surface area contributed by atoms with E-state index in [0.29, 0.717) is 25.0 Å². The van der Waals surface area contributed by atoms with Crippen molar-refractivity contribution in [3.05, 3.63) is 38.9 Å². The zero-order valence-corrected chi connectivity index (χ0v) is 16.5. The average Bonchev–Trinajstić information content (AvgIpc) is 3.52. The summed E-state index contributed by atoms with van der Waals surface area (Å²) in [5.41, 5.74) is 0.484. The summed E-state index contributed by atoms with van der Waals surface area (Å²) in [4.78, 5) is 48.6. The van der Waals surface area contributed by atoms with Crippen molar-refractivity contribution in [2.75, 3.05) is 13.1 Å². The van der Waals surface area contributed by atoms with E-state index in [1.165, 1.54) is 22.8 Å². The normalized spacial score (nSPS) is 17.3. The Hall–Kier alpha value is -3.17. The first-order valence-electron chi connectivity index (χ1n) is 10.3. The molecule has 2 heterocycles. The van der Waals surface area contributed by atoms with Gasteiger partial charge in [-0.15, -0.1) is 0 Å². The molecule has 2 fully saturated rings. The number of nitrogens with one attached hydrogen (secondary N) is 1. The van der Waals surface area contributed by atoms with Crippen LogP contribution in [0, 0.1) is 16.0 Å². The minimum atomic E-state index is -0.599. The quantitative estimate of drug-likeness (QED) is 0.541. The predicted molar refractivity (Wildman–Crippen MR) is 107 cm³/mol. The maximum absolute atomic E-state index is 12.3. The summed E-state index contributed by atoms with van der Waals surface area (Å²) in [7, 11) is 0. The first-order valence-corrected chi connectivity index (χ1v) is 10.3. The van der Waals surface area contributed by atoms with E-state index in [0.717, 1.165) is 25.7 Å². The molecule has 2 aliphatic rings. The van der Waals surface area contributed by atoms with Gasteiger partial charge in [0, 0.05) is 44.1 Å². The lowest BCUT2D eigenvalue weighted by molar-refractivity contribution is -0.384. The van der Waals surface area contributed by atoms with E-state index in [9.17, 15) is 24.5 Å². The van der Waals surface area contributed by atoms with Crippen LogP contribution in [0.4, 0.5) is 5.69 Å². The molecule has 10 nitrogen and oxygen atoms in total. The molecule has 0 atom stereocenters. The number of carbonyl (C=O) groups is 2. The van der Waals surface area contributed by atoms with Crippen LogP contribution in [0.3, 0.4) is 0 Å². The molecule has 1 N–H and O–H groups in total. The molecule has 1 aromatic heterocycles. The molecule has 0 unspecified atom stereocenters. The van der Waals surface area contributed by atoms with Crippen LogP contribution >= 0.6 is 0 Å². The zero-order chi connectivity index (χ0) is 21.3. The summed E-state index contributed by atoms with van der Waals surface area (Å²) < 4.78 is 6.47. The zero-order valence-electron chi connectivity index (χ0n) is 16.5. The number of oxazole rings is 1. The number of benzene rings is 1. The van der Waals surface area contributed by atoms with Crippen LogP contribution in [0.5, 0.6) is 0 Å². The van der Waals surface area contributed by atoms with E-state index in [2.05, 4.69) is 5.32 Å². The molecule has 0 spiro atoms. The second-order valence-corrected chi connectivity index (χ2v) is 7.97. The molecule has 1 saturated heterocycles. The molecule has 30 heavy (non-hydrogen) atoms. The van der Waals surface area contributed by atoms with Crippen LogP contribution in [0.25, 0.3) is 11.1 Å². The third-order valence-electron chi connectivity index (χ3n) is 5.75. The molecule has 4 rings (SSSR count). The monoisotopic (exact) mass is 416 g/mol. The highest BCUT2D eigenvalue weighted by Gasteiger charge is 2.35. The molecule has 1 aromatic carbocycles. The molecular weight excluding hydrogens is 392 g/mol. The average molecular weight is 416 g/mol. The fraction of sp³-hybridized carbons (Fsp3) is 0.550. The van der Waals surface area contributed by atoms with Gasteiger partial charge in [-0.3, -0.25) is 24.3 Å². The third-order valence-corrected chi connectivity index (χ3v) is 5.75. The number of fused-ring (bicyclic) bond motifs is 1. The fourth-order valence-corrected chi connectivity index (χ4v) is 3.91. The maximum atomic E-state index is 12.3. The SMILES string of the molecule is O=C(CCCn1c(=O)oc2cc([N+](=O)[O-])ccc21)NC1CCN(C(=O)C2CC2)CC1. The molecule has 0 radical (unpaired) electrons. The number of nitro groups is 1. The molecule has 160 valence electrons. The Morgan fingerprint density at radius 1 is 1.20 bits per heavy atom. The number of hydrogen-bond donors (Lipinski definition) is 1. The Morgan fingerprint density at radius 3 is 2.60 bits per heavy atom. The topological polar surface area (TPSA) is 128 Å². The largest absolute Gasteiger partial charge is 0.419 e. The summed E-state index contributed by atoms with van der Waals surface area (Å²) >= 11 is 0. The molecule has 1 saturated carbocycles. The van der Waals surface area contributed by atoms with Crippen molar-refractivity contribution in [1.82, 2.24) is 14.8 Å². The number of rotatable bonds is 7. The molecule has 1 aliphatic heterocycles. The number of nitro benzene ring substituents is 1. The summed E-state index contributed by atoms with van der Waals surface area (Å²) in [5.74, 6) is -0.204. The first-order chi connectivity index (χ1) is 14.4. The van der Waals surface area contributed by atoms with Crippen LogP contribution in [0.1, 0.15) is 38.5 Å². The lowest BCUT2D eigenvalue weighted by Crippen LogP contribution is -2.47. The van der Waals surface area contributed by atoms with Gasteiger partial charge in [-0.05, 0) is 38.2 Å². The standard InChI is InChI=1S/C20H24N4O6/c25-18(21-14-7-10-22(11-8-14)19(26)13-3-4-13)2-1-9-23-16-6-5-15(24(28)29)12-17(16)30-20(23)27/h5-6,12-14H,1-4,7-11H2,(H,21,25). The molecule has 2 amide bonds. The van der Waals surface area contributed by atoms with Crippen molar-refractivity contribution in [3.63, 3.8) is 0 Å². The van der Waals surface area contributed by atoms with Crippen LogP contribution in [0.15, 0.2) is 27.4 Å². The second kappa shape index (κ2) is 8.29. The van der Waals surface area contributed by atoms with Gasteiger partial charge < -0.3 is 14.6 Å². The van der Waals surface area contributed by atoms with Gasteiger partial charge in [-0.25, -0.2) is 4.79 Å². The minimum Gasteiger partial charge on any atom is -0.407 e. The number of amides is 2. The summed E-state index contributed by atoms with van der Waals surface area (Å²) in [5, 5.41) is 13.9. The number of nitrogens with zero attached hydrogens (tertiary/aromatic N) is 3. The summed E-state index contributed by atoms with van der Waals surface area (Å²) in [6.45, 7) is 1.65. The van der Waals surface area contributed by atoms with Gasteiger partial charge in [0.1, 0.15) is 0 Å². The predicted octanol–water partition coefficient (Wildman–Crippen LogP) is 1.80. The third kappa shape index (κ3) is 4.37. The van der Waals surface area contributed by atoms with Gasteiger partial charge in [-0.2, -0.15) is 0 Å². The minimum absolute atomic E-state index is 0.0683. The summed E-state index contributed by atoms with van der Waals surface area (Å²) in [6, 6.07) is 4.09. The summed E-state index contributed by atoms with van der Waals surface area (Å²) in [6.07, 6.45) is 4.22. The van der Waals surface area contributed by atoms with Crippen LogP contribution in [-0.4, -0.2) is 45.3 Å². The highest BCUT2D eigenvalue weighted by molar-refractivity contribution is 5.81. The molecule has 10 heteroatoms. The highest BCUT2D eigenvalue weighted by atomic mass is 16.6. The first kappa shape index (κ1) is 20.1. The number of non-ortho nitro benzene ring substituents is 1. The van der Waals surface area contributed by atoms with Gasteiger partial charge in [0.25, 0.3) is 5.69 Å². The van der Waals surface area contributed by atoms with Gasteiger partial charge in [-0.1, -0.05) is 0 Å².